The van der Waals surface area contributed by atoms with E-state index >= 15 is 0 Å². The lowest BCUT2D eigenvalue weighted by molar-refractivity contribution is 0.556. The van der Waals surface area contributed by atoms with Crippen LogP contribution in [0.5, 0.6) is 0 Å². The third-order valence-corrected chi connectivity index (χ3v) is 5.33. The molecule has 20 heavy (non-hydrogen) atoms. The van der Waals surface area contributed by atoms with Crippen molar-refractivity contribution < 1.29 is 12.8 Å². The predicted molar refractivity (Wildman–Crippen MR) is 79.8 cm³/mol. The van der Waals surface area contributed by atoms with Crippen LogP contribution >= 0.6 is 27.3 Å². The second-order valence-electron chi connectivity index (χ2n) is 4.08. The van der Waals surface area contributed by atoms with Crippen molar-refractivity contribution in [2.24, 2.45) is 0 Å². The molecule has 0 saturated heterocycles. The number of benzene rings is 1. The number of hydrogen-bond acceptors (Lipinski definition) is 4. The van der Waals surface area contributed by atoms with Gasteiger partial charge in [0.2, 0.25) is 10.0 Å². The number of nitrogens with one attached hydrogen (secondary N) is 1. The molecule has 0 unspecified atom stereocenters. The summed E-state index contributed by atoms with van der Waals surface area (Å²) in [4.78, 5) is 3.88. The summed E-state index contributed by atoms with van der Waals surface area (Å²) in [6, 6.07) is 3.84. The Morgan fingerprint density at radius 1 is 1.45 bits per heavy atom. The summed E-state index contributed by atoms with van der Waals surface area (Å²) in [6.45, 7) is 2.07. The number of hydrogen-bond donors (Lipinski definition) is 1. The molecule has 0 spiro atoms. The number of aromatic nitrogens is 1. The van der Waals surface area contributed by atoms with Gasteiger partial charge in [-0.1, -0.05) is 15.9 Å². The van der Waals surface area contributed by atoms with E-state index in [0.717, 1.165) is 16.8 Å². The van der Waals surface area contributed by atoms with E-state index in [-0.39, 0.29) is 11.4 Å². The third kappa shape index (κ3) is 3.85. The highest BCUT2D eigenvalue weighted by Crippen LogP contribution is 2.19. The van der Waals surface area contributed by atoms with Gasteiger partial charge in [0.25, 0.3) is 0 Å². The minimum atomic E-state index is -3.84. The Bertz CT molecular complexity index is 716. The van der Waals surface area contributed by atoms with Crippen LogP contribution in [-0.4, -0.2) is 19.9 Å². The van der Waals surface area contributed by atoms with Gasteiger partial charge in [-0.25, -0.2) is 22.5 Å². The second kappa shape index (κ2) is 6.30. The van der Waals surface area contributed by atoms with Gasteiger partial charge in [0.1, 0.15) is 10.7 Å². The first-order valence-electron chi connectivity index (χ1n) is 5.74. The lowest BCUT2D eigenvalue weighted by atomic mass is 10.3. The van der Waals surface area contributed by atoms with Gasteiger partial charge < -0.3 is 0 Å². The molecule has 0 atom stereocenters. The van der Waals surface area contributed by atoms with Crippen molar-refractivity contribution >= 4 is 37.3 Å². The molecule has 1 aromatic carbocycles. The van der Waals surface area contributed by atoms with Crippen LogP contribution in [-0.2, 0) is 16.4 Å². The Labute approximate surface area is 129 Å². The first kappa shape index (κ1) is 15.6. The van der Waals surface area contributed by atoms with Crippen molar-refractivity contribution in [1.29, 1.82) is 0 Å². The fourth-order valence-corrected chi connectivity index (χ4v) is 3.68. The number of thiazole rings is 1. The van der Waals surface area contributed by atoms with Gasteiger partial charge in [0, 0.05) is 22.8 Å². The molecular formula is C12H12BrFN2O2S2. The van der Waals surface area contributed by atoms with E-state index in [1.54, 1.807) is 0 Å². The zero-order valence-corrected chi connectivity index (χ0v) is 13.8. The highest BCUT2D eigenvalue weighted by Gasteiger charge is 2.18. The Kier molecular flexibility index (Phi) is 4.90. The molecule has 0 saturated carbocycles. The molecular weight excluding hydrogens is 367 g/mol. The quantitative estimate of drug-likeness (QED) is 0.869. The monoisotopic (exact) mass is 378 g/mol. The van der Waals surface area contributed by atoms with Gasteiger partial charge in [-0.2, -0.15) is 0 Å². The van der Waals surface area contributed by atoms with Crippen LogP contribution in [0.1, 0.15) is 10.7 Å². The van der Waals surface area contributed by atoms with Gasteiger partial charge in [-0.3, -0.25) is 0 Å². The minimum absolute atomic E-state index is 0.182. The van der Waals surface area contributed by atoms with Crippen LogP contribution in [0, 0.1) is 12.7 Å². The fourth-order valence-electron chi connectivity index (χ4n) is 1.61. The van der Waals surface area contributed by atoms with Gasteiger partial charge >= 0.3 is 0 Å². The van der Waals surface area contributed by atoms with Crippen molar-refractivity contribution in [3.05, 3.63) is 44.6 Å². The van der Waals surface area contributed by atoms with Gasteiger partial charge in [-0.05, 0) is 25.1 Å². The van der Waals surface area contributed by atoms with Crippen LogP contribution < -0.4 is 4.72 Å². The molecule has 0 aliphatic heterocycles. The number of sulfonamides is 1. The molecule has 0 bridgehead atoms. The molecule has 108 valence electrons. The number of rotatable bonds is 5. The van der Waals surface area contributed by atoms with E-state index in [1.165, 1.54) is 23.5 Å². The van der Waals surface area contributed by atoms with Crippen LogP contribution in [0.25, 0.3) is 0 Å². The molecule has 4 nitrogen and oxygen atoms in total. The van der Waals surface area contributed by atoms with Crippen LogP contribution in [0.4, 0.5) is 4.39 Å². The van der Waals surface area contributed by atoms with E-state index in [2.05, 4.69) is 25.6 Å². The average Bonchev–Trinajstić information content (AvgIpc) is 2.74. The summed E-state index contributed by atoms with van der Waals surface area (Å²) in [7, 11) is -3.84. The Morgan fingerprint density at radius 2 is 2.20 bits per heavy atom. The molecule has 0 aliphatic rings. The van der Waals surface area contributed by atoms with E-state index in [4.69, 9.17) is 0 Å². The summed E-state index contributed by atoms with van der Waals surface area (Å²) in [5.74, 6) is -0.781. The fraction of sp³-hybridized carbons (Fsp3) is 0.250. The van der Waals surface area contributed by atoms with Gasteiger partial charge in [0.15, 0.2) is 0 Å². The Hall–Kier alpha value is -0.830. The smallest absolute Gasteiger partial charge is 0.243 e. The zero-order chi connectivity index (χ0) is 14.8. The SMILES string of the molecule is Cc1nc(CCNS(=O)(=O)c2ccc(Br)cc2F)cs1. The molecule has 0 radical (unpaired) electrons. The molecule has 1 aromatic heterocycles. The van der Waals surface area contributed by atoms with Crippen LogP contribution in [0.3, 0.4) is 0 Å². The number of nitrogens with zero attached hydrogens (tertiary/aromatic N) is 1. The molecule has 0 amide bonds. The van der Waals surface area contributed by atoms with Crippen molar-refractivity contribution in [3.8, 4) is 0 Å². The molecule has 0 fully saturated rings. The van der Waals surface area contributed by atoms with Crippen molar-refractivity contribution in [2.45, 2.75) is 18.2 Å². The first-order chi connectivity index (χ1) is 9.38. The first-order valence-corrected chi connectivity index (χ1v) is 8.90. The van der Waals surface area contributed by atoms with E-state index in [9.17, 15) is 12.8 Å². The maximum atomic E-state index is 13.6. The molecule has 8 heteroatoms. The summed E-state index contributed by atoms with van der Waals surface area (Å²) < 4.78 is 40.5. The van der Waals surface area contributed by atoms with Crippen LogP contribution in [0.15, 0.2) is 32.9 Å². The number of aryl methyl sites for hydroxylation is 1. The summed E-state index contributed by atoms with van der Waals surface area (Å²) in [5, 5.41) is 2.81. The van der Waals surface area contributed by atoms with E-state index in [0.29, 0.717) is 10.9 Å². The van der Waals surface area contributed by atoms with E-state index < -0.39 is 15.8 Å². The second-order valence-corrected chi connectivity index (χ2v) is 7.79. The maximum absolute atomic E-state index is 13.6. The maximum Gasteiger partial charge on any atom is 0.243 e. The standard InChI is InChI=1S/C12H12BrFN2O2S2/c1-8-16-10(7-19-8)4-5-15-20(17,18)12-3-2-9(13)6-11(12)14/h2-3,6-7,15H,4-5H2,1H3. The highest BCUT2D eigenvalue weighted by molar-refractivity contribution is 9.10. The summed E-state index contributed by atoms with van der Waals surface area (Å²) >= 11 is 4.60. The average molecular weight is 379 g/mol. The summed E-state index contributed by atoms with van der Waals surface area (Å²) in [6.07, 6.45) is 0.474. The van der Waals surface area contributed by atoms with Crippen molar-refractivity contribution in [3.63, 3.8) is 0 Å². The van der Waals surface area contributed by atoms with Gasteiger partial charge in [0.05, 0.1) is 10.7 Å². The van der Waals surface area contributed by atoms with Gasteiger partial charge in [-0.15, -0.1) is 11.3 Å². The largest absolute Gasteiger partial charge is 0.247 e. The Balaban J connectivity index is 2.04. The topological polar surface area (TPSA) is 59.1 Å². The number of halogens is 2. The van der Waals surface area contributed by atoms with Crippen LogP contribution in [0.2, 0.25) is 0 Å². The summed E-state index contributed by atoms with van der Waals surface area (Å²) in [5.41, 5.74) is 0.825. The van der Waals surface area contributed by atoms with Crippen molar-refractivity contribution in [2.75, 3.05) is 6.54 Å². The minimum Gasteiger partial charge on any atom is -0.247 e. The predicted octanol–water partition coefficient (Wildman–Crippen LogP) is 2.87. The molecule has 2 rings (SSSR count). The zero-order valence-electron chi connectivity index (χ0n) is 10.6. The third-order valence-electron chi connectivity index (χ3n) is 2.52. The Morgan fingerprint density at radius 3 is 2.80 bits per heavy atom. The molecule has 1 N–H and O–H groups in total. The molecule has 2 aromatic rings. The lowest BCUT2D eigenvalue weighted by Crippen LogP contribution is -2.26. The normalized spacial score (nSPS) is 11.8. The molecule has 0 aliphatic carbocycles. The molecule has 1 heterocycles. The van der Waals surface area contributed by atoms with E-state index in [1.807, 2.05) is 12.3 Å². The highest BCUT2D eigenvalue weighted by atomic mass is 79.9. The lowest BCUT2D eigenvalue weighted by Gasteiger charge is -2.07. The van der Waals surface area contributed by atoms with Crippen molar-refractivity contribution in [1.82, 2.24) is 9.71 Å².